The third-order valence-corrected chi connectivity index (χ3v) is 2.57. The molecule has 0 aromatic rings. The van der Waals surface area contributed by atoms with E-state index in [-0.39, 0.29) is 0 Å². The molecule has 54 valence electrons. The number of hydrogen-bond donors (Lipinski definition) is 1. The van der Waals surface area contributed by atoms with Crippen LogP contribution < -0.4 is 5.32 Å². The summed E-state index contributed by atoms with van der Waals surface area (Å²) in [5.41, 5.74) is 0. The Balaban J connectivity index is 2.30. The molecule has 1 nitrogen and oxygen atoms in total. The molecule has 0 spiro atoms. The van der Waals surface area contributed by atoms with Crippen LogP contribution in [0.3, 0.4) is 0 Å². The fourth-order valence-corrected chi connectivity index (χ4v) is 1.82. The lowest BCUT2D eigenvalue weighted by Crippen LogP contribution is -2.36. The minimum atomic E-state index is 0.378. The molecule has 2 atom stereocenters. The normalized spacial score (nSPS) is 36.7. The Morgan fingerprint density at radius 1 is 1.33 bits per heavy atom. The summed E-state index contributed by atoms with van der Waals surface area (Å²) in [7, 11) is 1.99. The van der Waals surface area contributed by atoms with Crippen LogP contribution in [0.2, 0.25) is 0 Å². The molecule has 1 aliphatic rings. The Bertz CT molecular complexity index is 85.0. The molecule has 1 aliphatic carbocycles. The van der Waals surface area contributed by atoms with Gasteiger partial charge in [0.2, 0.25) is 0 Å². The second-order valence-corrected chi connectivity index (χ2v) is 3.26. The van der Waals surface area contributed by atoms with Gasteiger partial charge >= 0.3 is 0 Å². The molecule has 0 radical (unpaired) electrons. The van der Waals surface area contributed by atoms with Crippen LogP contribution in [-0.2, 0) is 0 Å². The van der Waals surface area contributed by atoms with Crippen molar-refractivity contribution in [2.45, 2.75) is 37.1 Å². The maximum absolute atomic E-state index is 6.02. The largest absolute Gasteiger partial charge is 0.316 e. The summed E-state index contributed by atoms with van der Waals surface area (Å²) in [5, 5.41) is 3.60. The zero-order valence-corrected chi connectivity index (χ0v) is 6.62. The highest BCUT2D eigenvalue weighted by Gasteiger charge is 2.20. The molecule has 0 heterocycles. The fraction of sp³-hybridized carbons (Fsp3) is 1.00. The summed E-state index contributed by atoms with van der Waals surface area (Å²) < 4.78 is 0. The van der Waals surface area contributed by atoms with Crippen molar-refractivity contribution in [3.8, 4) is 0 Å². The van der Waals surface area contributed by atoms with Gasteiger partial charge in [0.1, 0.15) is 0 Å². The predicted molar refractivity (Wildman–Crippen MR) is 41.0 cm³/mol. The molecule has 1 saturated carbocycles. The van der Waals surface area contributed by atoms with Crippen molar-refractivity contribution >= 4 is 11.6 Å². The van der Waals surface area contributed by atoms with Crippen LogP contribution in [0.15, 0.2) is 0 Å². The van der Waals surface area contributed by atoms with E-state index in [0.717, 1.165) is 0 Å². The first-order chi connectivity index (χ1) is 4.34. The van der Waals surface area contributed by atoms with Gasteiger partial charge in [0, 0.05) is 11.4 Å². The number of hydrogen-bond acceptors (Lipinski definition) is 1. The van der Waals surface area contributed by atoms with E-state index in [0.29, 0.717) is 11.4 Å². The van der Waals surface area contributed by atoms with Crippen LogP contribution in [0.1, 0.15) is 25.7 Å². The van der Waals surface area contributed by atoms with E-state index in [9.17, 15) is 0 Å². The molecule has 0 saturated heterocycles. The van der Waals surface area contributed by atoms with Gasteiger partial charge in [0.25, 0.3) is 0 Å². The second-order valence-electron chi connectivity index (χ2n) is 2.70. The summed E-state index contributed by atoms with van der Waals surface area (Å²) in [6.45, 7) is 0. The molecule has 0 aliphatic heterocycles. The summed E-state index contributed by atoms with van der Waals surface area (Å²) in [6.07, 6.45) is 5.10. The Labute approximate surface area is 61.8 Å². The topological polar surface area (TPSA) is 12.0 Å². The molecule has 1 fully saturated rings. The fourth-order valence-electron chi connectivity index (χ4n) is 1.41. The standard InChI is InChI=1S/C7H14ClN/c1-9-7-5-3-2-4-6(7)8/h6-7,9H,2-5H2,1H3. The smallest absolute Gasteiger partial charge is 0.0489 e. The Morgan fingerprint density at radius 3 is 2.44 bits per heavy atom. The van der Waals surface area contributed by atoms with Gasteiger partial charge in [-0.25, -0.2) is 0 Å². The molecule has 1 N–H and O–H groups in total. The van der Waals surface area contributed by atoms with Crippen LogP contribution in [0.4, 0.5) is 0 Å². The van der Waals surface area contributed by atoms with Gasteiger partial charge in [0.05, 0.1) is 0 Å². The van der Waals surface area contributed by atoms with E-state index >= 15 is 0 Å². The molecular formula is C7H14ClN. The highest BCUT2D eigenvalue weighted by atomic mass is 35.5. The maximum Gasteiger partial charge on any atom is 0.0489 e. The Hall–Kier alpha value is 0.250. The van der Waals surface area contributed by atoms with Crippen LogP contribution in [0.5, 0.6) is 0 Å². The van der Waals surface area contributed by atoms with E-state index < -0.39 is 0 Å². The first-order valence-electron chi connectivity index (χ1n) is 3.66. The summed E-state index contributed by atoms with van der Waals surface area (Å²) in [4.78, 5) is 0. The molecule has 0 amide bonds. The van der Waals surface area contributed by atoms with Crippen LogP contribution in [0.25, 0.3) is 0 Å². The first kappa shape index (κ1) is 7.36. The molecule has 2 unspecified atom stereocenters. The highest BCUT2D eigenvalue weighted by molar-refractivity contribution is 6.21. The SMILES string of the molecule is CNC1CCCCC1Cl. The highest BCUT2D eigenvalue weighted by Crippen LogP contribution is 2.22. The third-order valence-electron chi connectivity index (χ3n) is 2.05. The number of nitrogens with one attached hydrogen (secondary N) is 1. The molecule has 0 aromatic heterocycles. The Kier molecular flexibility index (Phi) is 2.80. The van der Waals surface area contributed by atoms with Crippen LogP contribution in [-0.4, -0.2) is 18.5 Å². The molecule has 9 heavy (non-hydrogen) atoms. The van der Waals surface area contributed by atoms with Crippen molar-refractivity contribution in [1.82, 2.24) is 5.32 Å². The van der Waals surface area contributed by atoms with E-state index in [4.69, 9.17) is 11.6 Å². The maximum atomic E-state index is 6.02. The minimum Gasteiger partial charge on any atom is -0.316 e. The van der Waals surface area contributed by atoms with Gasteiger partial charge in [-0.3, -0.25) is 0 Å². The van der Waals surface area contributed by atoms with Crippen molar-refractivity contribution in [3.63, 3.8) is 0 Å². The van der Waals surface area contributed by atoms with E-state index in [1.807, 2.05) is 7.05 Å². The lowest BCUT2D eigenvalue weighted by molar-refractivity contribution is 0.401. The van der Waals surface area contributed by atoms with Gasteiger partial charge in [0.15, 0.2) is 0 Å². The quantitative estimate of drug-likeness (QED) is 0.558. The zero-order chi connectivity index (χ0) is 6.69. The van der Waals surface area contributed by atoms with Gasteiger partial charge in [-0.2, -0.15) is 0 Å². The van der Waals surface area contributed by atoms with Crippen molar-refractivity contribution in [3.05, 3.63) is 0 Å². The van der Waals surface area contributed by atoms with Crippen LogP contribution >= 0.6 is 11.6 Å². The average molecular weight is 148 g/mol. The average Bonchev–Trinajstić information content (AvgIpc) is 1.89. The number of alkyl halides is 1. The summed E-state index contributed by atoms with van der Waals surface area (Å²) in [6, 6.07) is 0.570. The molecule has 1 rings (SSSR count). The van der Waals surface area contributed by atoms with Crippen molar-refractivity contribution in [2.75, 3.05) is 7.05 Å². The number of rotatable bonds is 1. The van der Waals surface area contributed by atoms with Gasteiger partial charge in [-0.1, -0.05) is 12.8 Å². The second kappa shape index (κ2) is 3.43. The minimum absolute atomic E-state index is 0.378. The summed E-state index contributed by atoms with van der Waals surface area (Å²) >= 11 is 6.02. The van der Waals surface area contributed by atoms with Gasteiger partial charge in [-0.05, 0) is 19.9 Å². The van der Waals surface area contributed by atoms with Crippen molar-refractivity contribution in [1.29, 1.82) is 0 Å². The lowest BCUT2D eigenvalue weighted by Gasteiger charge is -2.26. The molecular weight excluding hydrogens is 134 g/mol. The zero-order valence-electron chi connectivity index (χ0n) is 5.86. The lowest BCUT2D eigenvalue weighted by atomic mass is 9.95. The van der Waals surface area contributed by atoms with E-state index in [1.54, 1.807) is 0 Å². The monoisotopic (exact) mass is 147 g/mol. The van der Waals surface area contributed by atoms with E-state index in [2.05, 4.69) is 5.32 Å². The van der Waals surface area contributed by atoms with E-state index in [1.165, 1.54) is 25.7 Å². The Morgan fingerprint density at radius 2 is 2.00 bits per heavy atom. The summed E-state index contributed by atoms with van der Waals surface area (Å²) in [5.74, 6) is 0. The molecule has 0 aromatic carbocycles. The van der Waals surface area contributed by atoms with Gasteiger partial charge in [-0.15, -0.1) is 11.6 Å². The van der Waals surface area contributed by atoms with Crippen molar-refractivity contribution < 1.29 is 0 Å². The molecule has 2 heteroatoms. The molecule has 0 bridgehead atoms. The third kappa shape index (κ3) is 1.84. The van der Waals surface area contributed by atoms with Crippen LogP contribution in [0, 0.1) is 0 Å². The van der Waals surface area contributed by atoms with Crippen molar-refractivity contribution in [2.24, 2.45) is 0 Å². The number of halogens is 1. The predicted octanol–water partition coefficient (Wildman–Crippen LogP) is 1.76. The first-order valence-corrected chi connectivity index (χ1v) is 4.09. The van der Waals surface area contributed by atoms with Gasteiger partial charge < -0.3 is 5.32 Å².